The molecule has 0 spiro atoms. The summed E-state index contributed by atoms with van der Waals surface area (Å²) in [5.74, 6) is 1.69. The van der Waals surface area contributed by atoms with Gasteiger partial charge >= 0.3 is 0 Å². The van der Waals surface area contributed by atoms with Crippen LogP contribution < -0.4 is 4.74 Å². The lowest BCUT2D eigenvalue weighted by atomic mass is 10.1. The van der Waals surface area contributed by atoms with Gasteiger partial charge < -0.3 is 14.8 Å². The molecular weight excluding hydrogens is 240 g/mol. The molecule has 0 unspecified atom stereocenters. The number of ether oxygens (including phenoxy) is 1. The quantitative estimate of drug-likeness (QED) is 0.738. The van der Waals surface area contributed by atoms with Crippen molar-refractivity contribution in [3.8, 4) is 22.9 Å². The zero-order valence-corrected chi connectivity index (χ0v) is 10.8. The molecule has 0 aliphatic heterocycles. The molecule has 0 fully saturated rings. The molecule has 2 N–H and O–H groups in total. The Morgan fingerprint density at radius 1 is 1.21 bits per heavy atom. The molecule has 3 aromatic rings. The second-order valence-corrected chi connectivity index (χ2v) is 4.44. The van der Waals surface area contributed by atoms with Crippen molar-refractivity contribution in [2.45, 2.75) is 6.92 Å². The molecule has 3 rings (SSSR count). The number of methoxy groups -OCH3 is 1. The molecule has 0 bridgehead atoms. The lowest BCUT2D eigenvalue weighted by molar-refractivity contribution is 0.415. The molecule has 0 radical (unpaired) electrons. The fourth-order valence-electron chi connectivity index (χ4n) is 2.09. The monoisotopic (exact) mass is 254 g/mol. The van der Waals surface area contributed by atoms with E-state index in [1.165, 1.54) is 0 Å². The summed E-state index contributed by atoms with van der Waals surface area (Å²) in [6, 6.07) is 11.3. The zero-order valence-electron chi connectivity index (χ0n) is 10.8. The third-order valence-electron chi connectivity index (χ3n) is 3.18. The highest BCUT2D eigenvalue weighted by Crippen LogP contribution is 2.31. The van der Waals surface area contributed by atoms with Crippen LogP contribution in [0.5, 0.6) is 11.5 Å². The van der Waals surface area contributed by atoms with Crippen LogP contribution >= 0.6 is 0 Å². The number of hydrogen-bond donors (Lipinski definition) is 2. The summed E-state index contributed by atoms with van der Waals surface area (Å²) in [6.45, 7) is 1.87. The maximum absolute atomic E-state index is 10.1. The number of aromatic hydroxyl groups is 1. The Morgan fingerprint density at radius 3 is 2.84 bits per heavy atom. The Bertz CT molecular complexity index is 747. The van der Waals surface area contributed by atoms with Crippen molar-refractivity contribution < 1.29 is 9.84 Å². The average Bonchev–Trinajstić information content (AvgIpc) is 2.84. The van der Waals surface area contributed by atoms with Gasteiger partial charge in [-0.15, -0.1) is 0 Å². The number of imidazole rings is 1. The molecule has 0 aliphatic carbocycles. The van der Waals surface area contributed by atoms with Crippen LogP contribution in [0.15, 0.2) is 36.4 Å². The number of phenolic OH excluding ortho intramolecular Hbond substituents is 1. The summed E-state index contributed by atoms with van der Waals surface area (Å²) >= 11 is 0. The highest BCUT2D eigenvalue weighted by molar-refractivity contribution is 5.82. The Hall–Kier alpha value is -2.49. The van der Waals surface area contributed by atoms with E-state index in [-0.39, 0.29) is 5.75 Å². The first kappa shape index (κ1) is 11.6. The number of aryl methyl sites for hydroxylation is 1. The van der Waals surface area contributed by atoms with Crippen molar-refractivity contribution in [3.63, 3.8) is 0 Å². The third-order valence-corrected chi connectivity index (χ3v) is 3.18. The number of nitrogens with zero attached hydrogens (tertiary/aromatic N) is 1. The standard InChI is InChI=1S/C15H14N2O2/c1-9-4-3-5-11(14(9)18)15-16-12-7-6-10(19-2)8-13(12)17-15/h3-8,18H,1-2H3,(H,16,17). The number of aromatic amines is 1. The molecule has 4 nitrogen and oxygen atoms in total. The molecule has 96 valence electrons. The number of hydrogen-bond acceptors (Lipinski definition) is 3. The molecular formula is C15H14N2O2. The van der Waals surface area contributed by atoms with Crippen LogP contribution in [-0.4, -0.2) is 22.2 Å². The smallest absolute Gasteiger partial charge is 0.142 e. The van der Waals surface area contributed by atoms with Gasteiger partial charge in [-0.3, -0.25) is 0 Å². The van der Waals surface area contributed by atoms with E-state index in [0.717, 1.165) is 22.3 Å². The van der Waals surface area contributed by atoms with E-state index in [4.69, 9.17) is 4.74 Å². The van der Waals surface area contributed by atoms with Crippen molar-refractivity contribution in [2.75, 3.05) is 7.11 Å². The van der Waals surface area contributed by atoms with Crippen LogP contribution in [0.4, 0.5) is 0 Å². The lowest BCUT2D eigenvalue weighted by Crippen LogP contribution is -1.83. The number of H-pyrrole nitrogens is 1. The second-order valence-electron chi connectivity index (χ2n) is 4.44. The topological polar surface area (TPSA) is 58.1 Å². The van der Waals surface area contributed by atoms with Gasteiger partial charge in [-0.1, -0.05) is 12.1 Å². The Morgan fingerprint density at radius 2 is 2.05 bits per heavy atom. The fraction of sp³-hybridized carbons (Fsp3) is 0.133. The number of aromatic nitrogens is 2. The van der Waals surface area contributed by atoms with E-state index in [1.807, 2.05) is 43.3 Å². The summed E-state index contributed by atoms with van der Waals surface area (Å²) in [7, 11) is 1.63. The minimum atomic E-state index is 0.258. The van der Waals surface area contributed by atoms with Crippen LogP contribution in [0.25, 0.3) is 22.4 Å². The van der Waals surface area contributed by atoms with E-state index in [0.29, 0.717) is 11.4 Å². The van der Waals surface area contributed by atoms with Crippen molar-refractivity contribution in [3.05, 3.63) is 42.0 Å². The molecule has 19 heavy (non-hydrogen) atoms. The Kier molecular flexibility index (Phi) is 2.63. The van der Waals surface area contributed by atoms with Gasteiger partial charge in [0.05, 0.1) is 23.7 Å². The van der Waals surface area contributed by atoms with Gasteiger partial charge in [0.1, 0.15) is 17.3 Å². The second kappa shape index (κ2) is 4.31. The van der Waals surface area contributed by atoms with Crippen LogP contribution in [-0.2, 0) is 0 Å². The van der Waals surface area contributed by atoms with E-state index >= 15 is 0 Å². The zero-order chi connectivity index (χ0) is 13.4. The van der Waals surface area contributed by atoms with Crippen molar-refractivity contribution in [2.24, 2.45) is 0 Å². The van der Waals surface area contributed by atoms with Gasteiger partial charge in [-0.25, -0.2) is 4.98 Å². The van der Waals surface area contributed by atoms with E-state index in [9.17, 15) is 5.11 Å². The first-order valence-electron chi connectivity index (χ1n) is 6.02. The number of phenols is 1. The molecule has 0 saturated carbocycles. The van der Waals surface area contributed by atoms with Gasteiger partial charge in [-0.2, -0.15) is 0 Å². The molecule has 0 atom stereocenters. The molecule has 0 saturated heterocycles. The third kappa shape index (κ3) is 1.91. The van der Waals surface area contributed by atoms with Gasteiger partial charge in [0.2, 0.25) is 0 Å². The Balaban J connectivity index is 2.18. The molecule has 1 aromatic heterocycles. The molecule has 0 amide bonds. The predicted octanol–water partition coefficient (Wildman–Crippen LogP) is 3.25. The first-order chi connectivity index (χ1) is 9.19. The lowest BCUT2D eigenvalue weighted by Gasteiger charge is -2.03. The summed E-state index contributed by atoms with van der Waals surface area (Å²) < 4.78 is 5.18. The number of rotatable bonds is 2. The number of para-hydroxylation sites is 1. The number of nitrogens with one attached hydrogen (secondary N) is 1. The maximum atomic E-state index is 10.1. The predicted molar refractivity (Wildman–Crippen MR) is 74.5 cm³/mol. The summed E-state index contributed by atoms with van der Waals surface area (Å²) in [5.41, 5.74) is 3.26. The van der Waals surface area contributed by atoms with Crippen molar-refractivity contribution in [1.29, 1.82) is 0 Å². The minimum absolute atomic E-state index is 0.258. The van der Waals surface area contributed by atoms with Gasteiger partial charge in [0.25, 0.3) is 0 Å². The van der Waals surface area contributed by atoms with Gasteiger partial charge in [0.15, 0.2) is 0 Å². The molecule has 4 heteroatoms. The van der Waals surface area contributed by atoms with E-state index in [1.54, 1.807) is 7.11 Å². The molecule has 2 aromatic carbocycles. The first-order valence-corrected chi connectivity index (χ1v) is 6.02. The SMILES string of the molecule is COc1ccc2nc(-c3cccc(C)c3O)[nH]c2c1. The van der Waals surface area contributed by atoms with E-state index < -0.39 is 0 Å². The van der Waals surface area contributed by atoms with Crippen molar-refractivity contribution in [1.82, 2.24) is 9.97 Å². The number of fused-ring (bicyclic) bond motifs is 1. The Labute approximate surface area is 110 Å². The van der Waals surface area contributed by atoms with Crippen LogP contribution in [0.1, 0.15) is 5.56 Å². The molecule has 0 aliphatic rings. The largest absolute Gasteiger partial charge is 0.507 e. The molecule has 1 heterocycles. The highest BCUT2D eigenvalue weighted by atomic mass is 16.5. The van der Waals surface area contributed by atoms with Crippen LogP contribution in [0, 0.1) is 6.92 Å². The van der Waals surface area contributed by atoms with Crippen molar-refractivity contribution >= 4 is 11.0 Å². The van der Waals surface area contributed by atoms with Gasteiger partial charge in [0, 0.05) is 6.07 Å². The normalized spacial score (nSPS) is 10.8. The number of benzene rings is 2. The summed E-state index contributed by atoms with van der Waals surface area (Å²) in [4.78, 5) is 7.69. The van der Waals surface area contributed by atoms with E-state index in [2.05, 4.69) is 9.97 Å². The maximum Gasteiger partial charge on any atom is 0.142 e. The van der Waals surface area contributed by atoms with Crippen LogP contribution in [0.3, 0.4) is 0 Å². The highest BCUT2D eigenvalue weighted by Gasteiger charge is 2.11. The van der Waals surface area contributed by atoms with Crippen LogP contribution in [0.2, 0.25) is 0 Å². The summed E-state index contributed by atoms with van der Waals surface area (Å²) in [5, 5.41) is 10.1. The summed E-state index contributed by atoms with van der Waals surface area (Å²) in [6.07, 6.45) is 0. The average molecular weight is 254 g/mol. The van der Waals surface area contributed by atoms with Gasteiger partial charge in [-0.05, 0) is 30.7 Å². The minimum Gasteiger partial charge on any atom is -0.507 e. The fourth-order valence-corrected chi connectivity index (χ4v) is 2.09.